The number of carbonyl (C=O) groups is 1. The zero-order valence-electron chi connectivity index (χ0n) is 15.4. The standard InChI is InChI=1S/C18H29N5O2/c1-19-15-9-14(18(24)21-12-7-5-4-6-8-12)17(22-16(15)20-2)23(3)13-10-25-11-13/h9,12-13,19H,4-8,10-11H2,1-3H3,(H,20,22)(H,21,24). The van der Waals surface area contributed by atoms with Gasteiger partial charge in [-0.25, -0.2) is 4.98 Å². The summed E-state index contributed by atoms with van der Waals surface area (Å²) in [5.74, 6) is 1.39. The molecular formula is C18H29N5O2. The van der Waals surface area contributed by atoms with E-state index < -0.39 is 0 Å². The Balaban J connectivity index is 1.89. The molecule has 0 bridgehead atoms. The van der Waals surface area contributed by atoms with Gasteiger partial charge in [-0.3, -0.25) is 4.79 Å². The van der Waals surface area contributed by atoms with E-state index in [0.717, 1.165) is 24.3 Å². The number of rotatable bonds is 6. The molecule has 1 saturated carbocycles. The van der Waals surface area contributed by atoms with Crippen molar-refractivity contribution < 1.29 is 9.53 Å². The molecule has 0 unspecified atom stereocenters. The van der Waals surface area contributed by atoms with Crippen molar-refractivity contribution in [3.05, 3.63) is 11.6 Å². The van der Waals surface area contributed by atoms with Crippen molar-refractivity contribution in [1.82, 2.24) is 10.3 Å². The zero-order valence-corrected chi connectivity index (χ0v) is 15.4. The topological polar surface area (TPSA) is 78.5 Å². The predicted molar refractivity (Wildman–Crippen MR) is 101 cm³/mol. The summed E-state index contributed by atoms with van der Waals surface area (Å²) in [7, 11) is 5.65. The Morgan fingerprint density at radius 2 is 1.92 bits per heavy atom. The Kier molecular flexibility index (Phi) is 5.63. The molecule has 1 saturated heterocycles. The summed E-state index contributed by atoms with van der Waals surface area (Å²) in [4.78, 5) is 19.7. The number of hydrogen-bond acceptors (Lipinski definition) is 6. The average molecular weight is 347 g/mol. The fourth-order valence-electron chi connectivity index (χ4n) is 3.45. The number of anilines is 3. The minimum atomic E-state index is -0.0411. The van der Waals surface area contributed by atoms with Crippen LogP contribution in [0.5, 0.6) is 0 Å². The highest BCUT2D eigenvalue weighted by molar-refractivity contribution is 6.01. The number of carbonyl (C=O) groups excluding carboxylic acids is 1. The van der Waals surface area contributed by atoms with Crippen LogP contribution in [0.2, 0.25) is 0 Å². The number of hydrogen-bond donors (Lipinski definition) is 3. The van der Waals surface area contributed by atoms with E-state index in [9.17, 15) is 4.79 Å². The molecule has 7 nitrogen and oxygen atoms in total. The van der Waals surface area contributed by atoms with Crippen molar-refractivity contribution in [1.29, 1.82) is 0 Å². The summed E-state index contributed by atoms with van der Waals surface area (Å²) >= 11 is 0. The van der Waals surface area contributed by atoms with Crippen LogP contribution >= 0.6 is 0 Å². The maximum atomic E-state index is 13.0. The number of pyridine rings is 1. The second-order valence-corrected chi connectivity index (χ2v) is 6.87. The molecule has 0 radical (unpaired) electrons. The molecule has 3 rings (SSSR count). The molecule has 1 aromatic heterocycles. The number of nitrogens with zero attached hydrogens (tertiary/aromatic N) is 2. The quantitative estimate of drug-likeness (QED) is 0.731. The molecule has 138 valence electrons. The number of amides is 1. The Morgan fingerprint density at radius 3 is 2.48 bits per heavy atom. The molecular weight excluding hydrogens is 318 g/mol. The van der Waals surface area contributed by atoms with Gasteiger partial charge in [0.2, 0.25) is 0 Å². The third kappa shape index (κ3) is 3.81. The largest absolute Gasteiger partial charge is 0.385 e. The first kappa shape index (κ1) is 17.8. The summed E-state index contributed by atoms with van der Waals surface area (Å²) in [5, 5.41) is 9.43. The first-order valence-electron chi connectivity index (χ1n) is 9.16. The number of ether oxygens (including phenoxy) is 1. The lowest BCUT2D eigenvalue weighted by atomic mass is 9.95. The molecule has 0 aromatic carbocycles. The van der Waals surface area contributed by atoms with E-state index in [1.165, 1.54) is 19.3 Å². The highest BCUT2D eigenvalue weighted by atomic mass is 16.5. The highest BCUT2D eigenvalue weighted by Crippen LogP contribution is 2.30. The summed E-state index contributed by atoms with van der Waals surface area (Å²) in [6, 6.07) is 2.43. The van der Waals surface area contributed by atoms with Crippen molar-refractivity contribution in [3.63, 3.8) is 0 Å². The molecule has 2 aliphatic rings. The van der Waals surface area contributed by atoms with Crippen LogP contribution in [-0.4, -0.2) is 57.3 Å². The van der Waals surface area contributed by atoms with Crippen molar-refractivity contribution in [2.75, 3.05) is 49.9 Å². The van der Waals surface area contributed by atoms with Crippen LogP contribution in [0, 0.1) is 0 Å². The SMILES string of the molecule is CNc1cc(C(=O)NC2CCCCC2)c(N(C)C2COC2)nc1NC. The highest BCUT2D eigenvalue weighted by Gasteiger charge is 2.29. The molecule has 1 amide bonds. The lowest BCUT2D eigenvalue weighted by molar-refractivity contribution is 0.00983. The van der Waals surface area contributed by atoms with Gasteiger partial charge in [0.25, 0.3) is 5.91 Å². The van der Waals surface area contributed by atoms with Crippen LogP contribution in [0.3, 0.4) is 0 Å². The Hall–Kier alpha value is -2.02. The van der Waals surface area contributed by atoms with Gasteiger partial charge >= 0.3 is 0 Å². The predicted octanol–water partition coefficient (Wildman–Crippen LogP) is 2.06. The van der Waals surface area contributed by atoms with Gasteiger partial charge < -0.3 is 25.6 Å². The van der Waals surface area contributed by atoms with E-state index in [1.54, 1.807) is 0 Å². The number of nitrogens with one attached hydrogen (secondary N) is 3. The summed E-state index contributed by atoms with van der Waals surface area (Å²) < 4.78 is 5.30. The molecule has 1 aliphatic carbocycles. The zero-order chi connectivity index (χ0) is 17.8. The average Bonchev–Trinajstić information content (AvgIpc) is 2.59. The Labute approximate surface area is 149 Å². The van der Waals surface area contributed by atoms with Crippen LogP contribution in [0.4, 0.5) is 17.3 Å². The van der Waals surface area contributed by atoms with Gasteiger partial charge in [-0.05, 0) is 18.9 Å². The molecule has 7 heteroatoms. The van der Waals surface area contributed by atoms with E-state index in [2.05, 4.69) is 20.9 Å². The molecule has 25 heavy (non-hydrogen) atoms. The molecule has 3 N–H and O–H groups in total. The van der Waals surface area contributed by atoms with Gasteiger partial charge in [-0.2, -0.15) is 0 Å². The van der Waals surface area contributed by atoms with Gasteiger partial charge in [0.15, 0.2) is 5.82 Å². The first-order chi connectivity index (χ1) is 12.1. The Morgan fingerprint density at radius 1 is 1.20 bits per heavy atom. The number of likely N-dealkylation sites (N-methyl/N-ethyl adjacent to an activating group) is 1. The normalized spacial score (nSPS) is 18.4. The minimum absolute atomic E-state index is 0.0411. The molecule has 1 aromatic rings. The van der Waals surface area contributed by atoms with Crippen LogP contribution in [0.1, 0.15) is 42.5 Å². The maximum absolute atomic E-state index is 13.0. The smallest absolute Gasteiger partial charge is 0.255 e. The van der Waals surface area contributed by atoms with Crippen molar-refractivity contribution >= 4 is 23.2 Å². The van der Waals surface area contributed by atoms with Gasteiger partial charge in [0.05, 0.1) is 30.5 Å². The summed E-state index contributed by atoms with van der Waals surface area (Å²) in [6.07, 6.45) is 5.78. The van der Waals surface area contributed by atoms with Crippen molar-refractivity contribution in [3.8, 4) is 0 Å². The minimum Gasteiger partial charge on any atom is -0.385 e. The van der Waals surface area contributed by atoms with Crippen LogP contribution in [0.25, 0.3) is 0 Å². The summed E-state index contributed by atoms with van der Waals surface area (Å²) in [6.45, 7) is 1.34. The van der Waals surface area contributed by atoms with Gasteiger partial charge in [-0.1, -0.05) is 19.3 Å². The lowest BCUT2D eigenvalue weighted by Crippen LogP contribution is -2.48. The van der Waals surface area contributed by atoms with Gasteiger partial charge in [0, 0.05) is 27.2 Å². The van der Waals surface area contributed by atoms with Gasteiger partial charge in [0.1, 0.15) is 5.82 Å². The van der Waals surface area contributed by atoms with E-state index >= 15 is 0 Å². The fourth-order valence-corrected chi connectivity index (χ4v) is 3.45. The summed E-state index contributed by atoms with van der Waals surface area (Å²) in [5.41, 5.74) is 1.43. The molecule has 1 aliphatic heterocycles. The molecule has 0 atom stereocenters. The molecule has 2 fully saturated rings. The number of aromatic nitrogens is 1. The fraction of sp³-hybridized carbons (Fsp3) is 0.667. The van der Waals surface area contributed by atoms with E-state index in [4.69, 9.17) is 9.72 Å². The third-order valence-corrected chi connectivity index (χ3v) is 5.20. The third-order valence-electron chi connectivity index (χ3n) is 5.20. The van der Waals surface area contributed by atoms with Crippen LogP contribution in [-0.2, 0) is 4.74 Å². The lowest BCUT2D eigenvalue weighted by Gasteiger charge is -2.36. The van der Waals surface area contributed by atoms with E-state index in [1.807, 2.05) is 27.2 Å². The van der Waals surface area contributed by atoms with Crippen molar-refractivity contribution in [2.45, 2.75) is 44.2 Å². The molecule has 2 heterocycles. The van der Waals surface area contributed by atoms with E-state index in [0.29, 0.717) is 24.6 Å². The molecule has 0 spiro atoms. The Bertz CT molecular complexity index is 612. The van der Waals surface area contributed by atoms with Crippen LogP contribution in [0.15, 0.2) is 6.07 Å². The maximum Gasteiger partial charge on any atom is 0.255 e. The van der Waals surface area contributed by atoms with Crippen molar-refractivity contribution in [2.24, 2.45) is 0 Å². The van der Waals surface area contributed by atoms with Crippen LogP contribution < -0.4 is 20.9 Å². The first-order valence-corrected chi connectivity index (χ1v) is 9.16. The monoisotopic (exact) mass is 347 g/mol. The second kappa shape index (κ2) is 7.91. The van der Waals surface area contributed by atoms with E-state index in [-0.39, 0.29) is 18.0 Å². The second-order valence-electron chi connectivity index (χ2n) is 6.87. The van der Waals surface area contributed by atoms with Gasteiger partial charge in [-0.15, -0.1) is 0 Å².